The van der Waals surface area contributed by atoms with Crippen LogP contribution in [0.25, 0.3) is 11.5 Å². The summed E-state index contributed by atoms with van der Waals surface area (Å²) >= 11 is 0. The van der Waals surface area contributed by atoms with Crippen LogP contribution in [0.3, 0.4) is 0 Å². The zero-order chi connectivity index (χ0) is 16.9. The van der Waals surface area contributed by atoms with Crippen LogP contribution < -0.4 is 10.1 Å². The van der Waals surface area contributed by atoms with E-state index in [0.29, 0.717) is 24.4 Å². The zero-order valence-corrected chi connectivity index (χ0v) is 14.1. The predicted octanol–water partition coefficient (Wildman–Crippen LogP) is 2.20. The van der Waals surface area contributed by atoms with E-state index >= 15 is 0 Å². The summed E-state index contributed by atoms with van der Waals surface area (Å²) in [5.41, 5.74) is 0.871. The third-order valence-electron chi connectivity index (χ3n) is 3.84. The lowest BCUT2D eigenvalue weighted by molar-refractivity contribution is 0.292. The van der Waals surface area contributed by atoms with Gasteiger partial charge in [-0.2, -0.15) is 4.98 Å². The second kappa shape index (κ2) is 7.27. The number of aromatic nitrogens is 4. The number of ether oxygens (including phenoxy) is 1. The first kappa shape index (κ1) is 16.2. The molecular weight excluding hydrogens is 306 g/mol. The molecule has 24 heavy (non-hydrogen) atoms. The second-order valence-electron chi connectivity index (χ2n) is 5.68. The van der Waals surface area contributed by atoms with Crippen molar-refractivity contribution in [2.75, 3.05) is 7.05 Å². The van der Waals surface area contributed by atoms with Crippen LogP contribution in [0, 0.1) is 0 Å². The van der Waals surface area contributed by atoms with Crippen molar-refractivity contribution in [3.63, 3.8) is 0 Å². The fraction of sp³-hybridized carbons (Fsp3) is 0.353. The number of nitrogens with one attached hydrogen (secondary N) is 1. The van der Waals surface area contributed by atoms with Gasteiger partial charge in [-0.05, 0) is 38.2 Å². The standard InChI is InChI=1S/C17H21N5O2/c1-12(18-2)10-15-20-17(24-21-15)13-4-6-14(7-5-13)23-11-16-19-8-9-22(16)3/h4-9,12,18H,10-11H2,1-3H3. The summed E-state index contributed by atoms with van der Waals surface area (Å²) in [4.78, 5) is 8.65. The molecular formula is C17H21N5O2. The summed E-state index contributed by atoms with van der Waals surface area (Å²) in [5.74, 6) is 2.86. The summed E-state index contributed by atoms with van der Waals surface area (Å²) in [7, 11) is 3.85. The van der Waals surface area contributed by atoms with Crippen molar-refractivity contribution in [2.45, 2.75) is 26.0 Å². The summed E-state index contributed by atoms with van der Waals surface area (Å²) in [6.45, 7) is 2.50. The first-order valence-electron chi connectivity index (χ1n) is 7.85. The van der Waals surface area contributed by atoms with Crippen molar-refractivity contribution < 1.29 is 9.26 Å². The average molecular weight is 327 g/mol. The monoisotopic (exact) mass is 327 g/mol. The Bertz CT molecular complexity index is 778. The first-order valence-corrected chi connectivity index (χ1v) is 7.85. The van der Waals surface area contributed by atoms with Crippen LogP contribution in [-0.2, 0) is 20.1 Å². The number of likely N-dealkylation sites (N-methyl/N-ethyl adjacent to an activating group) is 1. The third kappa shape index (κ3) is 3.80. The van der Waals surface area contributed by atoms with E-state index in [2.05, 4.69) is 27.4 Å². The third-order valence-corrected chi connectivity index (χ3v) is 3.84. The van der Waals surface area contributed by atoms with Gasteiger partial charge in [-0.15, -0.1) is 0 Å². The van der Waals surface area contributed by atoms with Crippen LogP contribution in [-0.4, -0.2) is 32.8 Å². The van der Waals surface area contributed by atoms with Gasteiger partial charge in [0.2, 0.25) is 0 Å². The topological polar surface area (TPSA) is 78.0 Å². The Hall–Kier alpha value is -2.67. The lowest BCUT2D eigenvalue weighted by Crippen LogP contribution is -2.24. The van der Waals surface area contributed by atoms with Gasteiger partial charge in [-0.3, -0.25) is 0 Å². The van der Waals surface area contributed by atoms with Gasteiger partial charge >= 0.3 is 0 Å². The van der Waals surface area contributed by atoms with Gasteiger partial charge in [0.05, 0.1) is 0 Å². The van der Waals surface area contributed by atoms with Crippen LogP contribution in [0.2, 0.25) is 0 Å². The van der Waals surface area contributed by atoms with Gasteiger partial charge in [-0.25, -0.2) is 4.98 Å². The molecule has 126 valence electrons. The Kier molecular flexibility index (Phi) is 4.90. The van der Waals surface area contributed by atoms with Crippen LogP contribution in [0.1, 0.15) is 18.6 Å². The molecule has 0 saturated carbocycles. The van der Waals surface area contributed by atoms with Crippen LogP contribution >= 0.6 is 0 Å². The Morgan fingerprint density at radius 3 is 2.75 bits per heavy atom. The average Bonchev–Trinajstić information content (AvgIpc) is 3.22. The molecule has 3 rings (SSSR count). The molecule has 1 aromatic carbocycles. The number of aryl methyl sites for hydroxylation is 1. The Balaban J connectivity index is 1.63. The molecule has 3 aromatic rings. The summed E-state index contributed by atoms with van der Waals surface area (Å²) in [6.07, 6.45) is 4.37. The van der Waals surface area contributed by atoms with Gasteiger partial charge in [0.25, 0.3) is 5.89 Å². The molecule has 0 fully saturated rings. The smallest absolute Gasteiger partial charge is 0.257 e. The molecule has 0 aliphatic heterocycles. The number of rotatable bonds is 7. The van der Waals surface area contributed by atoms with Crippen molar-refractivity contribution in [2.24, 2.45) is 7.05 Å². The zero-order valence-electron chi connectivity index (χ0n) is 14.1. The molecule has 2 aromatic heterocycles. The molecule has 0 bridgehead atoms. The fourth-order valence-corrected chi connectivity index (χ4v) is 2.21. The largest absolute Gasteiger partial charge is 0.486 e. The van der Waals surface area contributed by atoms with E-state index in [1.807, 2.05) is 49.1 Å². The Morgan fingerprint density at radius 1 is 1.29 bits per heavy atom. The molecule has 0 radical (unpaired) electrons. The van der Waals surface area contributed by atoms with E-state index in [9.17, 15) is 0 Å². The van der Waals surface area contributed by atoms with E-state index in [-0.39, 0.29) is 0 Å². The minimum absolute atomic E-state index is 0.303. The normalized spacial score (nSPS) is 12.3. The van der Waals surface area contributed by atoms with E-state index in [0.717, 1.165) is 23.6 Å². The molecule has 0 spiro atoms. The highest BCUT2D eigenvalue weighted by molar-refractivity contribution is 5.54. The van der Waals surface area contributed by atoms with Crippen molar-refractivity contribution >= 4 is 0 Å². The highest BCUT2D eigenvalue weighted by Gasteiger charge is 2.11. The molecule has 0 saturated heterocycles. The molecule has 2 heterocycles. The highest BCUT2D eigenvalue weighted by Crippen LogP contribution is 2.21. The minimum Gasteiger partial charge on any atom is -0.486 e. The summed E-state index contributed by atoms with van der Waals surface area (Å²) < 4.78 is 13.0. The maximum absolute atomic E-state index is 5.74. The van der Waals surface area contributed by atoms with E-state index in [1.165, 1.54) is 0 Å². The SMILES string of the molecule is CNC(C)Cc1noc(-c2ccc(OCc3nccn3C)cc2)n1. The van der Waals surface area contributed by atoms with E-state index in [4.69, 9.17) is 9.26 Å². The number of imidazole rings is 1. The molecule has 7 heteroatoms. The molecule has 0 aliphatic rings. The van der Waals surface area contributed by atoms with Crippen molar-refractivity contribution in [1.29, 1.82) is 0 Å². The molecule has 1 unspecified atom stereocenters. The molecule has 1 atom stereocenters. The lowest BCUT2D eigenvalue weighted by Gasteiger charge is -2.06. The van der Waals surface area contributed by atoms with Crippen molar-refractivity contribution in [3.8, 4) is 17.2 Å². The van der Waals surface area contributed by atoms with Crippen molar-refractivity contribution in [3.05, 3.63) is 48.3 Å². The van der Waals surface area contributed by atoms with E-state index < -0.39 is 0 Å². The van der Waals surface area contributed by atoms with Gasteiger partial charge < -0.3 is 19.1 Å². The minimum atomic E-state index is 0.303. The maximum Gasteiger partial charge on any atom is 0.257 e. The van der Waals surface area contributed by atoms with Crippen LogP contribution in [0.15, 0.2) is 41.2 Å². The van der Waals surface area contributed by atoms with Gasteiger partial charge in [0.1, 0.15) is 18.2 Å². The molecule has 0 aliphatic carbocycles. The van der Waals surface area contributed by atoms with E-state index in [1.54, 1.807) is 6.20 Å². The Morgan fingerprint density at radius 2 is 2.08 bits per heavy atom. The number of hydrogen-bond acceptors (Lipinski definition) is 6. The lowest BCUT2D eigenvalue weighted by atomic mass is 10.2. The second-order valence-corrected chi connectivity index (χ2v) is 5.68. The van der Waals surface area contributed by atoms with Gasteiger partial charge in [0.15, 0.2) is 5.82 Å². The maximum atomic E-state index is 5.74. The quantitative estimate of drug-likeness (QED) is 0.717. The number of nitrogens with zero attached hydrogens (tertiary/aromatic N) is 4. The van der Waals surface area contributed by atoms with Crippen LogP contribution in [0.5, 0.6) is 5.75 Å². The fourth-order valence-electron chi connectivity index (χ4n) is 2.21. The van der Waals surface area contributed by atoms with Gasteiger partial charge in [-0.1, -0.05) is 5.16 Å². The Labute approximate surface area is 140 Å². The highest BCUT2D eigenvalue weighted by atomic mass is 16.5. The number of hydrogen-bond donors (Lipinski definition) is 1. The molecule has 7 nitrogen and oxygen atoms in total. The van der Waals surface area contributed by atoms with Crippen LogP contribution in [0.4, 0.5) is 0 Å². The predicted molar refractivity (Wildman–Crippen MR) is 89.5 cm³/mol. The van der Waals surface area contributed by atoms with Gasteiger partial charge in [0, 0.05) is 37.5 Å². The molecule has 1 N–H and O–H groups in total. The summed E-state index contributed by atoms with van der Waals surface area (Å²) in [5, 5.41) is 7.17. The van der Waals surface area contributed by atoms with Crippen molar-refractivity contribution in [1.82, 2.24) is 25.0 Å². The first-order chi connectivity index (χ1) is 11.7. The molecule has 0 amide bonds. The summed E-state index contributed by atoms with van der Waals surface area (Å²) in [6, 6.07) is 7.90. The number of benzene rings is 1.